The van der Waals surface area contributed by atoms with Gasteiger partial charge in [0.2, 0.25) is 0 Å². The molecule has 0 heterocycles. The molecule has 10 heteroatoms. The Labute approximate surface area is 334 Å². The molecule has 0 amide bonds. The van der Waals surface area contributed by atoms with Crippen molar-refractivity contribution in [2.75, 3.05) is 24.7 Å². The van der Waals surface area contributed by atoms with Gasteiger partial charge in [-0.15, -0.1) is 0 Å². The third kappa shape index (κ3) is 10.0. The number of anilines is 2. The summed E-state index contributed by atoms with van der Waals surface area (Å²) in [6, 6.07) is 39.8. The summed E-state index contributed by atoms with van der Waals surface area (Å²) in [5.74, 6) is 0. The summed E-state index contributed by atoms with van der Waals surface area (Å²) >= 11 is 12.5. The van der Waals surface area contributed by atoms with Gasteiger partial charge in [0.15, 0.2) is 0 Å². The molecule has 54 heavy (non-hydrogen) atoms. The molecule has 6 nitrogen and oxygen atoms in total. The fourth-order valence-corrected chi connectivity index (χ4v) is 7.12. The number of rotatable bonds is 8. The van der Waals surface area contributed by atoms with Crippen LogP contribution < -0.4 is 10.6 Å². The van der Waals surface area contributed by atoms with Crippen LogP contribution in [0.15, 0.2) is 130 Å². The van der Waals surface area contributed by atoms with Crippen LogP contribution in [0.2, 0.25) is 10.0 Å². The Hall–Kier alpha value is -4.34. The molecule has 0 radical (unpaired) electrons. The molecule has 0 aliphatic carbocycles. The minimum absolute atomic E-state index is 0.458. The molecule has 0 unspecified atom stereocenters. The third-order valence-corrected chi connectivity index (χ3v) is 11.7. The molecule has 6 aromatic rings. The second-order valence-electron chi connectivity index (χ2n) is 14.6. The summed E-state index contributed by atoms with van der Waals surface area (Å²) in [6.07, 6.45) is 0. The number of hydrogen-bond acceptors (Lipinski definition) is 4. The average molecular weight is 798 g/mol. The molecule has 2 N–H and O–H groups in total. The first kappa shape index (κ1) is 40.8. The molecule has 0 fully saturated rings. The van der Waals surface area contributed by atoms with E-state index in [1.165, 1.54) is 0 Å². The maximum absolute atomic E-state index is 12.8. The van der Waals surface area contributed by atoms with Gasteiger partial charge in [-0.2, -0.15) is 8.80 Å². The molecule has 2 atom stereocenters. The minimum Gasteiger partial charge on any atom is -0.388 e. The van der Waals surface area contributed by atoms with Crippen molar-refractivity contribution in [1.82, 2.24) is 0 Å². The third-order valence-electron chi connectivity index (χ3n) is 8.45. The normalized spacial score (nSPS) is 13.6. The van der Waals surface area contributed by atoms with Crippen molar-refractivity contribution in [3.8, 4) is 0 Å². The van der Waals surface area contributed by atoms with Crippen LogP contribution in [0.3, 0.4) is 0 Å². The minimum atomic E-state index is -1.40. The molecular formula is C44H46Cl2N4O2S2. The molecule has 0 saturated carbocycles. The predicted molar refractivity (Wildman–Crippen MR) is 237 cm³/mol. The highest BCUT2D eigenvalue weighted by Crippen LogP contribution is 2.29. The summed E-state index contributed by atoms with van der Waals surface area (Å²) in [4.78, 5) is 0. The molecule has 6 aromatic carbocycles. The lowest BCUT2D eigenvalue weighted by atomic mass is 9.98. The van der Waals surface area contributed by atoms with Crippen molar-refractivity contribution in [3.63, 3.8) is 0 Å². The zero-order valence-electron chi connectivity index (χ0n) is 31.8. The topological polar surface area (TPSA) is 82.9 Å². The lowest BCUT2D eigenvalue weighted by Crippen LogP contribution is -2.21. The van der Waals surface area contributed by atoms with Crippen molar-refractivity contribution < 1.29 is 8.42 Å². The van der Waals surface area contributed by atoms with E-state index in [4.69, 9.17) is 23.2 Å². The van der Waals surface area contributed by atoms with Gasteiger partial charge in [0.05, 0.1) is 20.9 Å². The number of fused-ring (bicyclic) bond motifs is 2. The second kappa shape index (κ2) is 17.4. The van der Waals surface area contributed by atoms with Gasteiger partial charge in [-0.3, -0.25) is 0 Å². The highest BCUT2D eigenvalue weighted by molar-refractivity contribution is 7.85. The van der Waals surface area contributed by atoms with Gasteiger partial charge in [-0.1, -0.05) is 96.0 Å². The molecule has 0 aromatic heterocycles. The smallest absolute Gasteiger partial charge is 0.145 e. The SMILES string of the molecule is CNc1ccc(Cl)cc1/C(=N/[S@](=O)C(C)(C)C)c1ccc2ccccc2c1.CNc1ccc(Cl)cc1/C(=N/[S@](=O)C(C)(C)C)c1ccc2ccccc2c1. The Morgan fingerprint density at radius 1 is 0.500 bits per heavy atom. The standard InChI is InChI=1S/2C22H23ClN2OS/c2*1-22(2,3)27(26)25-21(19-14-18(23)11-12-20(19)24-4)17-10-9-15-7-5-6-8-16(15)13-17/h2*5-14,24H,1-4H3/b2*25-21+/t2*27-/m11/s1. The monoisotopic (exact) mass is 796 g/mol. The van der Waals surface area contributed by atoms with Crippen LogP contribution in [0.5, 0.6) is 0 Å². The van der Waals surface area contributed by atoms with Crippen molar-refractivity contribution >= 4 is 89.5 Å². The quantitative estimate of drug-likeness (QED) is 0.150. The summed E-state index contributed by atoms with van der Waals surface area (Å²) in [6.45, 7) is 11.5. The number of hydrogen-bond donors (Lipinski definition) is 2. The molecule has 6 rings (SSSR count). The average Bonchev–Trinajstić information content (AvgIpc) is 3.15. The zero-order chi connectivity index (χ0) is 39.2. The molecule has 0 aliphatic rings. The summed E-state index contributed by atoms with van der Waals surface area (Å²) < 4.78 is 34.0. The molecule has 0 bridgehead atoms. The van der Waals surface area contributed by atoms with Gasteiger partial charge in [0.25, 0.3) is 0 Å². The van der Waals surface area contributed by atoms with Crippen molar-refractivity contribution in [1.29, 1.82) is 0 Å². The van der Waals surface area contributed by atoms with E-state index >= 15 is 0 Å². The maximum Gasteiger partial charge on any atom is 0.145 e. The van der Waals surface area contributed by atoms with Crippen LogP contribution in [0.25, 0.3) is 21.5 Å². The molecular weight excluding hydrogens is 752 g/mol. The molecule has 0 aliphatic heterocycles. The largest absolute Gasteiger partial charge is 0.388 e. The first-order chi connectivity index (χ1) is 25.6. The second-order valence-corrected chi connectivity index (χ2v) is 19.3. The van der Waals surface area contributed by atoms with Crippen LogP contribution in [-0.4, -0.2) is 43.4 Å². The Morgan fingerprint density at radius 2 is 0.852 bits per heavy atom. The number of halogens is 2. The summed E-state index contributed by atoms with van der Waals surface area (Å²) in [5, 5.41) is 12.1. The lowest BCUT2D eigenvalue weighted by molar-refractivity contribution is 0.650. The van der Waals surface area contributed by atoms with Crippen molar-refractivity contribution in [2.24, 2.45) is 8.80 Å². The van der Waals surface area contributed by atoms with Gasteiger partial charge in [0, 0.05) is 57.8 Å². The molecule has 0 spiro atoms. The maximum atomic E-state index is 12.8. The number of nitrogens with zero attached hydrogens (tertiary/aromatic N) is 2. The number of nitrogens with one attached hydrogen (secondary N) is 2. The van der Waals surface area contributed by atoms with Gasteiger partial charge in [0.1, 0.15) is 22.0 Å². The fraction of sp³-hybridized carbons (Fsp3) is 0.227. The lowest BCUT2D eigenvalue weighted by Gasteiger charge is -2.17. The van der Waals surface area contributed by atoms with Crippen LogP contribution in [0, 0.1) is 0 Å². The van der Waals surface area contributed by atoms with Crippen LogP contribution in [0.4, 0.5) is 11.4 Å². The van der Waals surface area contributed by atoms with Crippen LogP contribution >= 0.6 is 23.2 Å². The predicted octanol–water partition coefficient (Wildman–Crippen LogP) is 11.7. The Balaban J connectivity index is 0.000000208. The van der Waals surface area contributed by atoms with Gasteiger partial charge in [-0.05, 0) is 112 Å². The van der Waals surface area contributed by atoms with Gasteiger partial charge < -0.3 is 10.6 Å². The van der Waals surface area contributed by atoms with Crippen LogP contribution in [0.1, 0.15) is 63.8 Å². The van der Waals surface area contributed by atoms with E-state index in [9.17, 15) is 8.42 Å². The highest BCUT2D eigenvalue weighted by atomic mass is 35.5. The molecule has 280 valence electrons. The Bertz CT molecular complexity index is 2240. The van der Waals surface area contributed by atoms with Gasteiger partial charge >= 0.3 is 0 Å². The number of benzene rings is 6. The van der Waals surface area contributed by atoms with E-state index in [1.54, 1.807) is 0 Å². The first-order valence-corrected chi connectivity index (χ1v) is 20.5. The molecule has 0 saturated heterocycles. The van der Waals surface area contributed by atoms with Crippen molar-refractivity contribution in [3.05, 3.63) is 154 Å². The van der Waals surface area contributed by atoms with E-state index < -0.39 is 31.5 Å². The fourth-order valence-electron chi connectivity index (χ4n) is 5.49. The van der Waals surface area contributed by atoms with E-state index in [-0.39, 0.29) is 0 Å². The zero-order valence-corrected chi connectivity index (χ0v) is 35.0. The Morgan fingerprint density at radius 3 is 1.19 bits per heavy atom. The first-order valence-electron chi connectivity index (χ1n) is 17.5. The highest BCUT2D eigenvalue weighted by Gasteiger charge is 2.23. The van der Waals surface area contributed by atoms with E-state index in [0.29, 0.717) is 21.5 Å². The van der Waals surface area contributed by atoms with Gasteiger partial charge in [-0.25, -0.2) is 8.42 Å². The van der Waals surface area contributed by atoms with E-state index in [1.807, 2.05) is 128 Å². The summed E-state index contributed by atoms with van der Waals surface area (Å²) in [7, 11) is 0.902. The van der Waals surface area contributed by atoms with E-state index in [0.717, 1.165) is 55.2 Å². The van der Waals surface area contributed by atoms with Crippen molar-refractivity contribution in [2.45, 2.75) is 51.0 Å². The Kier molecular flexibility index (Phi) is 13.2. The summed E-state index contributed by atoms with van der Waals surface area (Å²) in [5.41, 5.74) is 6.59. The van der Waals surface area contributed by atoms with E-state index in [2.05, 4.69) is 68.0 Å². The van der Waals surface area contributed by atoms with Crippen LogP contribution in [-0.2, 0) is 22.0 Å².